The lowest BCUT2D eigenvalue weighted by molar-refractivity contribution is 0.278. The lowest BCUT2D eigenvalue weighted by Crippen LogP contribution is -2.28. The maximum absolute atomic E-state index is 9.40. The molecule has 0 aliphatic rings. The Balaban J connectivity index is 2.16. The zero-order valence-corrected chi connectivity index (χ0v) is 10.6. The van der Waals surface area contributed by atoms with E-state index in [1.165, 1.54) is 0 Å². The molecule has 0 radical (unpaired) electrons. The van der Waals surface area contributed by atoms with E-state index in [-0.39, 0.29) is 5.88 Å². The molecule has 0 aromatic carbocycles. The summed E-state index contributed by atoms with van der Waals surface area (Å²) in [6.07, 6.45) is 2.91. The Morgan fingerprint density at radius 1 is 1.41 bits per heavy atom. The van der Waals surface area contributed by atoms with E-state index < -0.39 is 0 Å². The molecule has 0 spiro atoms. The van der Waals surface area contributed by atoms with Gasteiger partial charge in [-0.1, -0.05) is 0 Å². The van der Waals surface area contributed by atoms with E-state index in [0.29, 0.717) is 6.04 Å². The number of hydrogen-bond acceptors (Lipinski definition) is 3. The molecule has 2 rings (SSSR count). The fourth-order valence-corrected chi connectivity index (χ4v) is 1.79. The van der Waals surface area contributed by atoms with Crippen molar-refractivity contribution in [1.82, 2.24) is 14.9 Å². The molecule has 4 heteroatoms. The third kappa shape index (κ3) is 2.58. The van der Waals surface area contributed by atoms with Crippen molar-refractivity contribution in [2.45, 2.75) is 26.3 Å². The molecule has 0 atom stereocenters. The normalized spacial score (nSPS) is 11.8. The standard InChI is InChI=1S/C13H19N3O/c1-9(2)16(3)7-6-10-8-14-11-4-5-12(17)15-13(10)11/h4-5,8-9,14H,6-7H2,1-3H3,(H,15,17). The summed E-state index contributed by atoms with van der Waals surface area (Å²) in [5.74, 6) is 0.0792. The SMILES string of the molecule is CC(C)N(C)CCc1c[nH]c2ccc(O)nc12. The number of nitrogens with zero attached hydrogens (tertiary/aromatic N) is 2. The molecule has 0 bridgehead atoms. The summed E-state index contributed by atoms with van der Waals surface area (Å²) in [5, 5.41) is 9.40. The highest BCUT2D eigenvalue weighted by molar-refractivity contribution is 5.79. The first kappa shape index (κ1) is 11.9. The van der Waals surface area contributed by atoms with E-state index in [4.69, 9.17) is 0 Å². The minimum absolute atomic E-state index is 0.0792. The molecule has 2 aromatic rings. The molecule has 0 amide bonds. The minimum atomic E-state index is 0.0792. The molecule has 17 heavy (non-hydrogen) atoms. The van der Waals surface area contributed by atoms with Crippen LogP contribution in [-0.4, -0.2) is 39.6 Å². The molecule has 2 N–H and O–H groups in total. The summed E-state index contributed by atoms with van der Waals surface area (Å²) >= 11 is 0. The van der Waals surface area contributed by atoms with Crippen LogP contribution in [0.4, 0.5) is 0 Å². The maximum Gasteiger partial charge on any atom is 0.211 e. The molecule has 0 aliphatic carbocycles. The number of fused-ring (bicyclic) bond motifs is 1. The van der Waals surface area contributed by atoms with Gasteiger partial charge in [-0.05, 0) is 38.9 Å². The number of rotatable bonds is 4. The fourth-order valence-electron chi connectivity index (χ4n) is 1.79. The Hall–Kier alpha value is -1.55. The summed E-state index contributed by atoms with van der Waals surface area (Å²) < 4.78 is 0. The van der Waals surface area contributed by atoms with Crippen molar-refractivity contribution >= 4 is 11.0 Å². The van der Waals surface area contributed by atoms with Crippen LogP contribution in [0, 0.1) is 0 Å². The second kappa shape index (κ2) is 4.75. The van der Waals surface area contributed by atoms with E-state index in [1.807, 2.05) is 12.3 Å². The average molecular weight is 233 g/mol. The maximum atomic E-state index is 9.40. The number of pyridine rings is 1. The minimum Gasteiger partial charge on any atom is -0.493 e. The van der Waals surface area contributed by atoms with Crippen molar-refractivity contribution in [3.8, 4) is 5.88 Å². The third-order valence-electron chi connectivity index (χ3n) is 3.20. The van der Waals surface area contributed by atoms with E-state index >= 15 is 0 Å². The van der Waals surface area contributed by atoms with Gasteiger partial charge in [-0.2, -0.15) is 0 Å². The Morgan fingerprint density at radius 3 is 2.88 bits per heavy atom. The monoisotopic (exact) mass is 233 g/mol. The van der Waals surface area contributed by atoms with E-state index in [9.17, 15) is 5.11 Å². The molecule has 92 valence electrons. The number of nitrogens with one attached hydrogen (secondary N) is 1. The van der Waals surface area contributed by atoms with Crippen molar-refractivity contribution in [3.05, 3.63) is 23.9 Å². The molecule has 0 unspecified atom stereocenters. The van der Waals surface area contributed by atoms with Crippen LogP contribution < -0.4 is 0 Å². The van der Waals surface area contributed by atoms with Crippen LogP contribution in [0.2, 0.25) is 0 Å². The van der Waals surface area contributed by atoms with Crippen LogP contribution in [0.25, 0.3) is 11.0 Å². The zero-order chi connectivity index (χ0) is 12.4. The van der Waals surface area contributed by atoms with Crippen LogP contribution >= 0.6 is 0 Å². The van der Waals surface area contributed by atoms with Crippen molar-refractivity contribution in [2.24, 2.45) is 0 Å². The molecule has 2 heterocycles. The lowest BCUT2D eigenvalue weighted by Gasteiger charge is -2.20. The van der Waals surface area contributed by atoms with Gasteiger partial charge in [-0.15, -0.1) is 0 Å². The smallest absolute Gasteiger partial charge is 0.211 e. The number of H-pyrrole nitrogens is 1. The largest absolute Gasteiger partial charge is 0.493 e. The van der Waals surface area contributed by atoms with Crippen molar-refractivity contribution in [3.63, 3.8) is 0 Å². The van der Waals surface area contributed by atoms with Gasteiger partial charge in [0.1, 0.15) is 0 Å². The van der Waals surface area contributed by atoms with Crippen LogP contribution in [0.3, 0.4) is 0 Å². The highest BCUT2D eigenvalue weighted by atomic mass is 16.3. The lowest BCUT2D eigenvalue weighted by atomic mass is 10.2. The van der Waals surface area contributed by atoms with Gasteiger partial charge in [-0.3, -0.25) is 0 Å². The van der Waals surface area contributed by atoms with Gasteiger partial charge < -0.3 is 15.0 Å². The molecule has 0 aliphatic heterocycles. The van der Waals surface area contributed by atoms with Crippen LogP contribution in [-0.2, 0) is 6.42 Å². The van der Waals surface area contributed by atoms with Gasteiger partial charge in [0.15, 0.2) is 0 Å². The summed E-state index contributed by atoms with van der Waals surface area (Å²) in [6, 6.07) is 4.00. The van der Waals surface area contributed by atoms with E-state index in [0.717, 1.165) is 29.6 Å². The van der Waals surface area contributed by atoms with Gasteiger partial charge in [0, 0.05) is 24.8 Å². The van der Waals surface area contributed by atoms with Crippen molar-refractivity contribution < 1.29 is 5.11 Å². The molecule has 4 nitrogen and oxygen atoms in total. The number of aromatic amines is 1. The topological polar surface area (TPSA) is 52.2 Å². The van der Waals surface area contributed by atoms with E-state index in [2.05, 4.69) is 35.8 Å². The van der Waals surface area contributed by atoms with Gasteiger partial charge in [0.05, 0.1) is 11.0 Å². The molecule has 0 saturated carbocycles. The average Bonchev–Trinajstić information content (AvgIpc) is 2.68. The molecular weight excluding hydrogens is 214 g/mol. The summed E-state index contributed by atoms with van der Waals surface area (Å²) in [6.45, 7) is 5.35. The Kier molecular flexibility index (Phi) is 3.33. The second-order valence-corrected chi connectivity index (χ2v) is 4.70. The van der Waals surface area contributed by atoms with Gasteiger partial charge in [-0.25, -0.2) is 4.98 Å². The summed E-state index contributed by atoms with van der Waals surface area (Å²) in [7, 11) is 2.12. The molecule has 0 fully saturated rings. The first-order valence-corrected chi connectivity index (χ1v) is 5.94. The number of likely N-dealkylation sites (N-methyl/N-ethyl adjacent to an activating group) is 1. The Labute approximate surface area is 101 Å². The Morgan fingerprint density at radius 2 is 2.18 bits per heavy atom. The first-order chi connectivity index (χ1) is 8.08. The second-order valence-electron chi connectivity index (χ2n) is 4.70. The van der Waals surface area contributed by atoms with Crippen molar-refractivity contribution in [1.29, 1.82) is 0 Å². The predicted octanol–water partition coefficient (Wildman–Crippen LogP) is 2.15. The van der Waals surface area contributed by atoms with E-state index in [1.54, 1.807) is 6.07 Å². The molecular formula is C13H19N3O. The fraction of sp³-hybridized carbons (Fsp3) is 0.462. The summed E-state index contributed by atoms with van der Waals surface area (Å²) in [5.41, 5.74) is 3.01. The quantitative estimate of drug-likeness (QED) is 0.850. The van der Waals surface area contributed by atoms with Gasteiger partial charge in [0.25, 0.3) is 0 Å². The van der Waals surface area contributed by atoms with Crippen LogP contribution in [0.1, 0.15) is 19.4 Å². The molecule has 0 saturated heterocycles. The van der Waals surface area contributed by atoms with Crippen LogP contribution in [0.5, 0.6) is 5.88 Å². The zero-order valence-electron chi connectivity index (χ0n) is 10.6. The number of aromatic hydroxyl groups is 1. The van der Waals surface area contributed by atoms with Gasteiger partial charge in [0.2, 0.25) is 5.88 Å². The summed E-state index contributed by atoms with van der Waals surface area (Å²) in [4.78, 5) is 9.63. The highest BCUT2D eigenvalue weighted by Gasteiger charge is 2.08. The highest BCUT2D eigenvalue weighted by Crippen LogP contribution is 2.19. The molecule has 2 aromatic heterocycles. The van der Waals surface area contributed by atoms with Gasteiger partial charge >= 0.3 is 0 Å². The van der Waals surface area contributed by atoms with Crippen molar-refractivity contribution in [2.75, 3.05) is 13.6 Å². The predicted molar refractivity (Wildman–Crippen MR) is 69.2 cm³/mol. The first-order valence-electron chi connectivity index (χ1n) is 5.94. The number of hydrogen-bond donors (Lipinski definition) is 2. The Bertz CT molecular complexity index is 504. The third-order valence-corrected chi connectivity index (χ3v) is 3.20. The van der Waals surface area contributed by atoms with Crippen LogP contribution in [0.15, 0.2) is 18.3 Å². The number of aromatic nitrogens is 2.